The molecular formula is C39H30Cl2N4O8. The first-order valence-corrected chi connectivity index (χ1v) is 17.6. The Morgan fingerprint density at radius 2 is 1.64 bits per heavy atom. The van der Waals surface area contributed by atoms with Crippen LogP contribution in [-0.2, 0) is 24.6 Å². The van der Waals surface area contributed by atoms with Crippen molar-refractivity contribution in [2.45, 2.75) is 24.2 Å². The van der Waals surface area contributed by atoms with Crippen LogP contribution in [-0.4, -0.2) is 45.8 Å². The number of methoxy groups -OCH3 is 1. The molecule has 14 heteroatoms. The quantitative estimate of drug-likeness (QED) is 0.0896. The number of carbonyl (C=O) groups excluding carboxylic acids is 4. The van der Waals surface area contributed by atoms with E-state index in [9.17, 15) is 29.6 Å². The van der Waals surface area contributed by atoms with E-state index in [1.165, 1.54) is 43.5 Å². The predicted octanol–water partition coefficient (Wildman–Crippen LogP) is 6.81. The molecule has 4 aromatic carbocycles. The number of ether oxygens (including phenoxy) is 1. The minimum absolute atomic E-state index is 0.0402. The molecule has 1 saturated carbocycles. The Hall–Kier alpha value is -5.72. The number of carbonyl (C=O) groups is 4. The van der Waals surface area contributed by atoms with Crippen molar-refractivity contribution in [1.82, 2.24) is 5.01 Å². The van der Waals surface area contributed by atoms with Crippen LogP contribution in [0.2, 0.25) is 10.0 Å². The lowest BCUT2D eigenvalue weighted by molar-refractivity contribution is -0.384. The number of hydrogen-bond acceptors (Lipinski definition) is 9. The zero-order valence-corrected chi connectivity index (χ0v) is 29.5. The molecule has 2 N–H and O–H groups in total. The van der Waals surface area contributed by atoms with Gasteiger partial charge in [0.2, 0.25) is 11.8 Å². The van der Waals surface area contributed by atoms with E-state index in [0.717, 1.165) is 9.91 Å². The molecule has 0 spiro atoms. The van der Waals surface area contributed by atoms with E-state index < -0.39 is 63.6 Å². The number of phenolic OH excluding ortho intramolecular Hbond substituents is 1. The number of amides is 4. The maximum atomic E-state index is 15.3. The van der Waals surface area contributed by atoms with Crippen molar-refractivity contribution in [3.8, 4) is 11.5 Å². The van der Waals surface area contributed by atoms with E-state index in [4.69, 9.17) is 27.9 Å². The Morgan fingerprint density at radius 1 is 0.906 bits per heavy atom. The molecule has 2 aliphatic heterocycles. The molecule has 3 fully saturated rings. The van der Waals surface area contributed by atoms with Gasteiger partial charge in [-0.15, -0.1) is 0 Å². The van der Waals surface area contributed by atoms with E-state index >= 15 is 4.79 Å². The van der Waals surface area contributed by atoms with Gasteiger partial charge in [0.1, 0.15) is 11.5 Å². The number of nitro groups is 1. The zero-order chi connectivity index (χ0) is 37.3. The summed E-state index contributed by atoms with van der Waals surface area (Å²) in [5.41, 5.74) is 3.41. The lowest BCUT2D eigenvalue weighted by Gasteiger charge is -2.50. The third-order valence-electron chi connectivity index (χ3n) is 11.1. The summed E-state index contributed by atoms with van der Waals surface area (Å²) in [4.78, 5) is 70.3. The number of allylic oxidation sites excluding steroid dienone is 2. The van der Waals surface area contributed by atoms with Crippen LogP contribution in [0.3, 0.4) is 0 Å². The zero-order valence-electron chi connectivity index (χ0n) is 27.9. The van der Waals surface area contributed by atoms with Gasteiger partial charge in [-0.05, 0) is 84.5 Å². The number of nitro benzene ring substituents is 1. The van der Waals surface area contributed by atoms with Gasteiger partial charge in [0.05, 0.1) is 51.6 Å². The summed E-state index contributed by atoms with van der Waals surface area (Å²) < 4.78 is 5.43. The second kappa shape index (κ2) is 12.7. The lowest BCUT2D eigenvalue weighted by atomic mass is 9.49. The summed E-state index contributed by atoms with van der Waals surface area (Å²) >= 11 is 12.7. The Morgan fingerprint density at radius 3 is 2.30 bits per heavy atom. The van der Waals surface area contributed by atoms with Crippen LogP contribution in [0.15, 0.2) is 103 Å². The van der Waals surface area contributed by atoms with Gasteiger partial charge in [-0.25, -0.2) is 0 Å². The van der Waals surface area contributed by atoms with Gasteiger partial charge in [-0.1, -0.05) is 59.1 Å². The van der Waals surface area contributed by atoms with Crippen molar-refractivity contribution in [1.29, 1.82) is 0 Å². The maximum absolute atomic E-state index is 15.3. The van der Waals surface area contributed by atoms with Crippen molar-refractivity contribution in [3.63, 3.8) is 0 Å². The van der Waals surface area contributed by atoms with Crippen LogP contribution in [0, 0.1) is 33.8 Å². The number of benzene rings is 4. The fourth-order valence-electron chi connectivity index (χ4n) is 8.90. The van der Waals surface area contributed by atoms with E-state index in [1.807, 2.05) is 6.08 Å². The van der Waals surface area contributed by atoms with Crippen LogP contribution >= 0.6 is 23.2 Å². The highest BCUT2D eigenvalue weighted by Gasteiger charge is 2.70. The Balaban J connectivity index is 1.30. The van der Waals surface area contributed by atoms with Gasteiger partial charge in [-0.3, -0.25) is 39.6 Å². The summed E-state index contributed by atoms with van der Waals surface area (Å²) in [5, 5.41) is 23.6. The largest absolute Gasteiger partial charge is 0.508 e. The standard InChI is InChI=1S/C39H30Cl2N4O8/c1-53-26-12-5-21(6-13-26)39-30(36(48)44(38(39)50)42-32-16-7-22(40)18-31(32)41)19-29-27(34(39)20-3-2-4-25(46)17-20)14-15-28-33(29)37(49)43(35(28)47)23-8-10-24(11-9-23)45(51)52/h2-14,16-18,28-30,33-34,42,46H,15,19H2,1H3/t28-,29+,30-,33-,34-,39+/m0/s1. The van der Waals surface area contributed by atoms with E-state index in [1.54, 1.807) is 54.6 Å². The van der Waals surface area contributed by atoms with Gasteiger partial charge in [0.15, 0.2) is 0 Å². The fourth-order valence-corrected chi connectivity index (χ4v) is 9.35. The molecule has 2 heterocycles. The van der Waals surface area contributed by atoms with Gasteiger partial charge >= 0.3 is 0 Å². The molecule has 4 amide bonds. The molecule has 2 aliphatic carbocycles. The highest BCUT2D eigenvalue weighted by atomic mass is 35.5. The maximum Gasteiger partial charge on any atom is 0.269 e. The van der Waals surface area contributed by atoms with E-state index in [2.05, 4.69) is 5.43 Å². The van der Waals surface area contributed by atoms with Gasteiger partial charge < -0.3 is 9.84 Å². The number of nitrogens with one attached hydrogen (secondary N) is 1. The minimum Gasteiger partial charge on any atom is -0.508 e. The van der Waals surface area contributed by atoms with Crippen molar-refractivity contribution >= 4 is 63.9 Å². The Bertz CT molecular complexity index is 2260. The van der Waals surface area contributed by atoms with Crippen molar-refractivity contribution in [2.24, 2.45) is 23.7 Å². The first-order chi connectivity index (χ1) is 25.4. The van der Waals surface area contributed by atoms with Gasteiger partial charge in [0.25, 0.3) is 17.5 Å². The number of fused-ring (bicyclic) bond motifs is 4. The smallest absolute Gasteiger partial charge is 0.269 e. The first-order valence-electron chi connectivity index (χ1n) is 16.8. The summed E-state index contributed by atoms with van der Waals surface area (Å²) in [5.74, 6) is -5.82. The molecule has 4 aromatic rings. The number of phenols is 1. The number of anilines is 2. The van der Waals surface area contributed by atoms with Crippen molar-refractivity contribution < 1.29 is 33.9 Å². The van der Waals surface area contributed by atoms with Crippen LogP contribution < -0.4 is 15.1 Å². The van der Waals surface area contributed by atoms with Crippen LogP contribution in [0.5, 0.6) is 11.5 Å². The number of hydrogen-bond donors (Lipinski definition) is 2. The normalized spacial score (nSPS) is 26.2. The summed E-state index contributed by atoms with van der Waals surface area (Å²) in [7, 11) is 1.52. The molecule has 0 bridgehead atoms. The number of aromatic hydroxyl groups is 1. The molecule has 268 valence electrons. The van der Waals surface area contributed by atoms with Crippen LogP contribution in [0.4, 0.5) is 17.1 Å². The average Bonchev–Trinajstić information content (AvgIpc) is 3.53. The van der Waals surface area contributed by atoms with Crippen molar-refractivity contribution in [2.75, 3.05) is 17.4 Å². The number of hydrazine groups is 1. The summed E-state index contributed by atoms with van der Waals surface area (Å²) in [6, 6.07) is 23.2. The topological polar surface area (TPSA) is 159 Å². The Labute approximate surface area is 312 Å². The number of nitrogens with zero attached hydrogens (tertiary/aromatic N) is 3. The van der Waals surface area contributed by atoms with E-state index in [-0.39, 0.29) is 40.7 Å². The fraction of sp³-hybridized carbons (Fsp3) is 0.231. The third kappa shape index (κ3) is 5.19. The lowest BCUT2D eigenvalue weighted by Crippen LogP contribution is -2.53. The van der Waals surface area contributed by atoms with Crippen LogP contribution in [0.25, 0.3) is 0 Å². The molecule has 53 heavy (non-hydrogen) atoms. The minimum atomic E-state index is -1.58. The van der Waals surface area contributed by atoms with Crippen molar-refractivity contribution in [3.05, 3.63) is 134 Å². The molecule has 12 nitrogen and oxygen atoms in total. The predicted molar refractivity (Wildman–Crippen MR) is 194 cm³/mol. The molecule has 8 rings (SSSR count). The second-order valence-corrected chi connectivity index (χ2v) is 14.4. The van der Waals surface area contributed by atoms with Gasteiger partial charge in [0, 0.05) is 23.1 Å². The third-order valence-corrected chi connectivity index (χ3v) is 11.7. The molecule has 0 unspecified atom stereocenters. The molecule has 0 aromatic heterocycles. The number of imide groups is 2. The monoisotopic (exact) mass is 752 g/mol. The molecule has 6 atom stereocenters. The van der Waals surface area contributed by atoms with E-state index in [0.29, 0.717) is 27.5 Å². The SMILES string of the molecule is COc1ccc([C@@]23C(=O)N(Nc4ccc(Cl)cc4Cl)C(=O)[C@@H]2C[C@@H]2C(=CC[C@@H]4C(=O)N(c5ccc([N+](=O)[O-])cc5)C(=O)[C@@H]42)[C@@H]3c2cccc(O)c2)cc1. The molecule has 4 aliphatic rings. The molecule has 0 radical (unpaired) electrons. The van der Waals surface area contributed by atoms with Gasteiger partial charge in [-0.2, -0.15) is 5.01 Å². The Kier molecular flexibility index (Phi) is 8.27. The first kappa shape index (κ1) is 34.4. The van der Waals surface area contributed by atoms with Crippen LogP contribution in [0.1, 0.15) is 29.9 Å². The second-order valence-electron chi connectivity index (χ2n) is 13.6. The highest BCUT2D eigenvalue weighted by Crippen LogP contribution is 2.64. The molecule has 2 saturated heterocycles. The number of rotatable bonds is 7. The summed E-state index contributed by atoms with van der Waals surface area (Å²) in [6.45, 7) is 0. The highest BCUT2D eigenvalue weighted by molar-refractivity contribution is 6.36. The number of halogens is 2. The molecular weight excluding hydrogens is 723 g/mol. The summed E-state index contributed by atoms with van der Waals surface area (Å²) in [6.07, 6.45) is 2.11. The average molecular weight is 754 g/mol. The number of non-ortho nitro benzene ring substituents is 1.